The van der Waals surface area contributed by atoms with Crippen LogP contribution in [-0.2, 0) is 26.4 Å². The lowest BCUT2D eigenvalue weighted by molar-refractivity contribution is -0.120. The SMILES string of the molecule is [2H]C([2H])(OC1=C(Cl)C(=C=O)N(c2cc(-c3ccc(F)c(C(C)(C)NC(C)=O)n3)ncc2C)C(C)=C1)c1ncc(F)cc1F. The molecule has 1 aliphatic heterocycles. The van der Waals surface area contributed by atoms with Crippen molar-refractivity contribution in [3.05, 3.63) is 99.3 Å². The first-order chi connectivity index (χ1) is 20.1. The Kier molecular flexibility index (Phi) is 7.54. The smallest absolute Gasteiger partial charge is 0.217 e. The lowest BCUT2D eigenvalue weighted by Gasteiger charge is -2.31. The highest BCUT2D eigenvalue weighted by atomic mass is 35.5. The molecule has 0 saturated carbocycles. The van der Waals surface area contributed by atoms with Gasteiger partial charge in [-0.15, -0.1) is 0 Å². The number of aryl methyl sites for hydroxylation is 1. The third-order valence-corrected chi connectivity index (χ3v) is 6.37. The van der Waals surface area contributed by atoms with Crippen LogP contribution in [0.3, 0.4) is 0 Å². The zero-order valence-electron chi connectivity index (χ0n) is 24.6. The van der Waals surface area contributed by atoms with Crippen LogP contribution < -0.4 is 10.2 Å². The van der Waals surface area contributed by atoms with Gasteiger partial charge in [0.25, 0.3) is 0 Å². The van der Waals surface area contributed by atoms with E-state index < -0.39 is 35.2 Å². The number of hydrogen-bond acceptors (Lipinski definition) is 7. The lowest BCUT2D eigenvalue weighted by Crippen LogP contribution is -2.41. The number of anilines is 1. The van der Waals surface area contributed by atoms with Crippen molar-refractivity contribution in [2.75, 3.05) is 4.90 Å². The Morgan fingerprint density at radius 1 is 1.15 bits per heavy atom. The summed E-state index contributed by atoms with van der Waals surface area (Å²) in [6.45, 7) is 4.94. The number of ether oxygens (including phenoxy) is 1. The molecule has 4 heterocycles. The molecule has 1 N–H and O–H groups in total. The van der Waals surface area contributed by atoms with Gasteiger partial charge in [0.15, 0.2) is 17.5 Å². The second-order valence-corrected chi connectivity index (χ2v) is 10.0. The molecule has 0 saturated heterocycles. The summed E-state index contributed by atoms with van der Waals surface area (Å²) in [6, 6.07) is 4.68. The summed E-state index contributed by atoms with van der Waals surface area (Å²) in [5.41, 5.74) is -0.302. The van der Waals surface area contributed by atoms with Gasteiger partial charge in [0, 0.05) is 31.0 Å². The molecule has 0 bridgehead atoms. The fraction of sp³-hybridized carbons (Fsp3) is 0.241. The highest BCUT2D eigenvalue weighted by molar-refractivity contribution is 6.33. The zero-order chi connectivity index (χ0) is 31.9. The van der Waals surface area contributed by atoms with Gasteiger partial charge in [-0.2, -0.15) is 0 Å². The summed E-state index contributed by atoms with van der Waals surface area (Å²) >= 11 is 6.48. The van der Waals surface area contributed by atoms with Crippen molar-refractivity contribution in [1.29, 1.82) is 0 Å². The number of carbonyl (C=O) groups excluding carboxylic acids is 2. The van der Waals surface area contributed by atoms with Crippen LogP contribution in [0.15, 0.2) is 64.9 Å². The van der Waals surface area contributed by atoms with Gasteiger partial charge in [-0.1, -0.05) is 11.6 Å². The first kappa shape index (κ1) is 26.7. The van der Waals surface area contributed by atoms with Crippen molar-refractivity contribution in [2.24, 2.45) is 0 Å². The van der Waals surface area contributed by atoms with E-state index in [0.29, 0.717) is 34.9 Å². The van der Waals surface area contributed by atoms with Crippen LogP contribution in [0.4, 0.5) is 18.9 Å². The van der Waals surface area contributed by atoms with Crippen LogP contribution in [0.2, 0.25) is 0 Å². The van der Waals surface area contributed by atoms with Crippen molar-refractivity contribution in [2.45, 2.75) is 46.7 Å². The Balaban J connectivity index is 1.74. The molecule has 0 spiro atoms. The number of nitrogens with zero attached hydrogens (tertiary/aromatic N) is 4. The molecule has 4 rings (SSSR count). The maximum atomic E-state index is 14.8. The summed E-state index contributed by atoms with van der Waals surface area (Å²) < 4.78 is 64.1. The molecule has 0 aliphatic carbocycles. The molecule has 0 unspecified atom stereocenters. The molecule has 1 aliphatic rings. The van der Waals surface area contributed by atoms with Crippen LogP contribution in [0.1, 0.15) is 47.4 Å². The Morgan fingerprint density at radius 2 is 1.88 bits per heavy atom. The molecule has 12 heteroatoms. The van der Waals surface area contributed by atoms with Crippen molar-refractivity contribution in [1.82, 2.24) is 20.3 Å². The van der Waals surface area contributed by atoms with Crippen molar-refractivity contribution in [3.8, 4) is 11.4 Å². The number of halogens is 4. The van der Waals surface area contributed by atoms with Gasteiger partial charge in [0.05, 0.1) is 31.6 Å². The molecule has 0 radical (unpaired) electrons. The van der Waals surface area contributed by atoms with E-state index in [2.05, 4.69) is 20.3 Å². The van der Waals surface area contributed by atoms with Gasteiger partial charge in [0.1, 0.15) is 40.4 Å². The summed E-state index contributed by atoms with van der Waals surface area (Å²) in [6.07, 6.45) is 3.47. The van der Waals surface area contributed by atoms with Crippen molar-refractivity contribution in [3.63, 3.8) is 0 Å². The molecule has 0 atom stereocenters. The van der Waals surface area contributed by atoms with E-state index in [1.807, 2.05) is 0 Å². The first-order valence-electron chi connectivity index (χ1n) is 13.1. The lowest BCUT2D eigenvalue weighted by atomic mass is 9.98. The monoisotopic (exact) mass is 585 g/mol. The van der Waals surface area contributed by atoms with E-state index in [-0.39, 0.29) is 33.8 Å². The number of allylic oxidation sites excluding steroid dienone is 3. The maximum absolute atomic E-state index is 14.8. The molecule has 212 valence electrons. The fourth-order valence-corrected chi connectivity index (χ4v) is 4.41. The molecule has 3 aromatic rings. The molecule has 0 aromatic carbocycles. The number of rotatable bonds is 7. The molecule has 3 aromatic heterocycles. The number of carbonyl (C=O) groups is 1. The van der Waals surface area contributed by atoms with E-state index in [4.69, 9.17) is 19.1 Å². The highest BCUT2D eigenvalue weighted by Crippen LogP contribution is 2.38. The maximum Gasteiger partial charge on any atom is 0.217 e. The summed E-state index contributed by atoms with van der Waals surface area (Å²) in [7, 11) is 0. The molecule has 1 amide bonds. The fourth-order valence-electron chi connectivity index (χ4n) is 4.19. The minimum atomic E-state index is -2.89. The van der Waals surface area contributed by atoms with E-state index >= 15 is 0 Å². The predicted octanol–water partition coefficient (Wildman–Crippen LogP) is 5.74. The van der Waals surface area contributed by atoms with E-state index in [1.54, 1.807) is 39.7 Å². The number of aromatic nitrogens is 3. The van der Waals surface area contributed by atoms with Crippen LogP contribution in [0, 0.1) is 24.4 Å². The van der Waals surface area contributed by atoms with Gasteiger partial charge < -0.3 is 15.0 Å². The van der Waals surface area contributed by atoms with Crippen molar-refractivity contribution < 1.29 is 30.2 Å². The predicted molar refractivity (Wildman–Crippen MR) is 146 cm³/mol. The molecule has 41 heavy (non-hydrogen) atoms. The number of nitrogens with one attached hydrogen (secondary N) is 1. The molecule has 8 nitrogen and oxygen atoms in total. The molecular weight excluding hydrogens is 559 g/mol. The third-order valence-electron chi connectivity index (χ3n) is 6.01. The molecular formula is C29H25ClF3N5O3. The van der Waals surface area contributed by atoms with Crippen molar-refractivity contribution >= 4 is 29.1 Å². The second-order valence-electron chi connectivity index (χ2n) is 9.63. The largest absolute Gasteiger partial charge is 0.485 e. The minimum absolute atomic E-state index is 0.0132. The number of pyridine rings is 3. The van der Waals surface area contributed by atoms with Gasteiger partial charge in [-0.3, -0.25) is 14.8 Å². The standard InChI is InChI=1S/C29H25ClF3N5O3/c1-15-11-34-22(21-7-6-19(32)28(36-21)29(4,5)37-17(3)40)10-24(15)38-16(2)8-26(27(30)25(38)13-39)41-14-23-20(33)9-18(31)12-35-23/h6-12H,14H2,1-5H3,(H,37,40)/i14D2. The summed E-state index contributed by atoms with van der Waals surface area (Å²) in [4.78, 5) is 37.6. The van der Waals surface area contributed by atoms with Gasteiger partial charge in [-0.25, -0.2) is 22.9 Å². The van der Waals surface area contributed by atoms with Crippen LogP contribution >= 0.6 is 11.6 Å². The number of amides is 1. The van der Waals surface area contributed by atoms with Gasteiger partial charge >= 0.3 is 0 Å². The molecule has 0 fully saturated rings. The third kappa shape index (κ3) is 6.16. The Morgan fingerprint density at radius 3 is 2.54 bits per heavy atom. The Hall–Kier alpha value is -4.47. The average molecular weight is 586 g/mol. The quantitative estimate of drug-likeness (QED) is 0.353. The average Bonchev–Trinajstić information content (AvgIpc) is 2.90. The highest BCUT2D eigenvalue weighted by Gasteiger charge is 2.30. The summed E-state index contributed by atoms with van der Waals surface area (Å²) in [5.74, 6) is -1.85. The number of hydrogen-bond donors (Lipinski definition) is 1. The Bertz CT molecular complexity index is 1760. The van der Waals surface area contributed by atoms with Gasteiger partial charge in [0.2, 0.25) is 5.91 Å². The normalized spacial score (nSPS) is 14.7. The minimum Gasteiger partial charge on any atom is -0.485 e. The van der Waals surface area contributed by atoms with E-state index in [1.165, 1.54) is 36.2 Å². The first-order valence-corrected chi connectivity index (χ1v) is 12.5. The van der Waals surface area contributed by atoms with Gasteiger partial charge in [-0.05, 0) is 51.5 Å². The van der Waals surface area contributed by atoms with Crippen LogP contribution in [0.25, 0.3) is 11.4 Å². The zero-order valence-corrected chi connectivity index (χ0v) is 23.3. The topological polar surface area (TPSA) is 97.3 Å². The Labute approximate surface area is 242 Å². The second kappa shape index (κ2) is 11.6. The van der Waals surface area contributed by atoms with E-state index in [0.717, 1.165) is 0 Å². The summed E-state index contributed by atoms with van der Waals surface area (Å²) in [5, 5.41) is 2.32. The van der Waals surface area contributed by atoms with Crippen LogP contribution in [0.5, 0.6) is 0 Å². The van der Waals surface area contributed by atoms with Crippen LogP contribution in [-0.4, -0.2) is 26.8 Å². The van der Waals surface area contributed by atoms with E-state index in [9.17, 15) is 22.8 Å².